The average Bonchev–Trinajstić information content (AvgIpc) is 3.32. The van der Waals surface area contributed by atoms with Crippen LogP contribution in [0, 0.1) is 5.82 Å². The van der Waals surface area contributed by atoms with Crippen molar-refractivity contribution >= 4 is 0 Å². The third-order valence-corrected chi connectivity index (χ3v) is 5.91. The molecule has 0 unspecified atom stereocenters. The van der Waals surface area contributed by atoms with Crippen LogP contribution in [-0.4, -0.2) is 57.8 Å². The number of nitrogens with zero attached hydrogens (tertiary/aromatic N) is 5. The topological polar surface area (TPSA) is 37.2 Å². The van der Waals surface area contributed by atoms with Crippen molar-refractivity contribution in [2.24, 2.45) is 0 Å². The second-order valence-corrected chi connectivity index (χ2v) is 7.69. The van der Waals surface area contributed by atoms with Gasteiger partial charge in [-0.25, -0.2) is 14.1 Å². The molecule has 4 rings (SSSR count). The molecule has 1 atom stereocenters. The predicted molar refractivity (Wildman–Crippen MR) is 100 cm³/mol. The first-order valence-corrected chi connectivity index (χ1v) is 9.78. The summed E-state index contributed by atoms with van der Waals surface area (Å²) in [6.45, 7) is 6.27. The summed E-state index contributed by atoms with van der Waals surface area (Å²) in [5.41, 5.74) is 0.500. The van der Waals surface area contributed by atoms with Gasteiger partial charge in [-0.3, -0.25) is 4.90 Å². The number of aromatic nitrogens is 3. The molecule has 0 amide bonds. The van der Waals surface area contributed by atoms with Gasteiger partial charge in [-0.1, -0.05) is 25.0 Å². The Morgan fingerprint density at radius 1 is 1.08 bits per heavy atom. The Morgan fingerprint density at radius 3 is 2.46 bits per heavy atom. The van der Waals surface area contributed by atoms with E-state index in [1.54, 1.807) is 16.8 Å². The Hall–Kier alpha value is -1.79. The van der Waals surface area contributed by atoms with Crippen LogP contribution in [0.15, 0.2) is 24.3 Å². The lowest BCUT2D eigenvalue weighted by molar-refractivity contribution is 0.114. The number of hydrogen-bond donors (Lipinski definition) is 0. The van der Waals surface area contributed by atoms with Gasteiger partial charge in [-0.15, -0.1) is 0 Å². The molecule has 2 fully saturated rings. The molecule has 2 heterocycles. The molecule has 1 aliphatic carbocycles. The van der Waals surface area contributed by atoms with Crippen molar-refractivity contribution in [3.05, 3.63) is 41.7 Å². The summed E-state index contributed by atoms with van der Waals surface area (Å²) >= 11 is 0. The number of rotatable bonds is 4. The van der Waals surface area contributed by atoms with E-state index in [9.17, 15) is 4.39 Å². The van der Waals surface area contributed by atoms with Crippen LogP contribution < -0.4 is 0 Å². The van der Waals surface area contributed by atoms with E-state index in [0.717, 1.165) is 50.7 Å². The van der Waals surface area contributed by atoms with E-state index in [4.69, 9.17) is 10.1 Å². The number of likely N-dealkylation sites (N-methyl/N-ethyl adjacent to an activating group) is 1. The van der Waals surface area contributed by atoms with Gasteiger partial charge in [0.2, 0.25) is 0 Å². The molecule has 1 saturated heterocycles. The van der Waals surface area contributed by atoms with Crippen molar-refractivity contribution in [1.82, 2.24) is 24.6 Å². The first-order chi connectivity index (χ1) is 12.6. The second kappa shape index (κ2) is 7.45. The fourth-order valence-corrected chi connectivity index (χ4v) is 4.14. The van der Waals surface area contributed by atoms with Gasteiger partial charge in [0.15, 0.2) is 5.82 Å². The molecule has 1 saturated carbocycles. The summed E-state index contributed by atoms with van der Waals surface area (Å²) in [6.07, 6.45) is 4.76. The minimum Gasteiger partial charge on any atom is -0.304 e. The molecular formula is C20H28FN5. The van der Waals surface area contributed by atoms with Gasteiger partial charge in [-0.05, 0) is 38.9 Å². The van der Waals surface area contributed by atoms with Gasteiger partial charge >= 0.3 is 0 Å². The Bertz CT molecular complexity index is 744. The van der Waals surface area contributed by atoms with Crippen molar-refractivity contribution in [1.29, 1.82) is 0 Å². The standard InChI is InChI=1S/C20H28FN5/c1-15(25-13-11-24(2)12-14-25)20-22-19(16-7-3-4-8-16)23-26(20)18-10-6-5-9-17(18)21/h5-6,9-10,15-16H,3-4,7-8,11-14H2,1-2H3/t15-/m0/s1. The van der Waals surface area contributed by atoms with Crippen LogP contribution in [0.3, 0.4) is 0 Å². The van der Waals surface area contributed by atoms with E-state index in [1.165, 1.54) is 18.9 Å². The molecule has 2 aliphatic rings. The monoisotopic (exact) mass is 357 g/mol. The lowest BCUT2D eigenvalue weighted by atomic mass is 10.1. The van der Waals surface area contributed by atoms with Gasteiger partial charge in [0.1, 0.15) is 17.3 Å². The van der Waals surface area contributed by atoms with Gasteiger partial charge in [0.25, 0.3) is 0 Å². The molecule has 1 aromatic heterocycles. The fraction of sp³-hybridized carbons (Fsp3) is 0.600. The molecule has 0 N–H and O–H groups in total. The number of para-hydroxylation sites is 1. The van der Waals surface area contributed by atoms with Crippen LogP contribution in [0.2, 0.25) is 0 Å². The van der Waals surface area contributed by atoms with Crippen molar-refractivity contribution in [2.45, 2.75) is 44.6 Å². The highest BCUT2D eigenvalue weighted by Crippen LogP contribution is 2.34. The zero-order valence-electron chi connectivity index (χ0n) is 15.7. The van der Waals surface area contributed by atoms with Crippen LogP contribution in [0.4, 0.5) is 4.39 Å². The maximum absolute atomic E-state index is 14.5. The molecule has 0 spiro atoms. The number of piperazine rings is 1. The Labute approximate surface area is 154 Å². The summed E-state index contributed by atoms with van der Waals surface area (Å²) in [5, 5.41) is 4.78. The van der Waals surface area contributed by atoms with Gasteiger partial charge < -0.3 is 4.90 Å². The van der Waals surface area contributed by atoms with Crippen LogP contribution >= 0.6 is 0 Å². The largest absolute Gasteiger partial charge is 0.304 e. The maximum atomic E-state index is 14.5. The van der Waals surface area contributed by atoms with Crippen LogP contribution in [0.1, 0.15) is 56.2 Å². The zero-order valence-corrected chi connectivity index (χ0v) is 15.7. The van der Waals surface area contributed by atoms with E-state index in [2.05, 4.69) is 23.8 Å². The number of hydrogen-bond acceptors (Lipinski definition) is 4. The zero-order chi connectivity index (χ0) is 18.1. The molecule has 6 heteroatoms. The van der Waals surface area contributed by atoms with E-state index in [0.29, 0.717) is 11.6 Å². The average molecular weight is 357 g/mol. The van der Waals surface area contributed by atoms with Crippen molar-refractivity contribution < 1.29 is 4.39 Å². The highest BCUT2D eigenvalue weighted by Gasteiger charge is 2.29. The number of halogens is 1. The molecule has 2 aromatic rings. The Morgan fingerprint density at radius 2 is 1.77 bits per heavy atom. The van der Waals surface area contributed by atoms with E-state index >= 15 is 0 Å². The third-order valence-electron chi connectivity index (χ3n) is 5.91. The molecule has 26 heavy (non-hydrogen) atoms. The van der Waals surface area contributed by atoms with Gasteiger partial charge in [0.05, 0.1) is 6.04 Å². The van der Waals surface area contributed by atoms with E-state index < -0.39 is 0 Å². The van der Waals surface area contributed by atoms with Crippen LogP contribution in [-0.2, 0) is 0 Å². The normalized spacial score (nSPS) is 21.3. The van der Waals surface area contributed by atoms with Crippen LogP contribution in [0.25, 0.3) is 5.69 Å². The highest BCUT2D eigenvalue weighted by atomic mass is 19.1. The lowest BCUT2D eigenvalue weighted by Crippen LogP contribution is -2.45. The third kappa shape index (κ3) is 3.40. The second-order valence-electron chi connectivity index (χ2n) is 7.69. The fourth-order valence-electron chi connectivity index (χ4n) is 4.14. The molecule has 0 radical (unpaired) electrons. The van der Waals surface area contributed by atoms with Crippen molar-refractivity contribution in [2.75, 3.05) is 33.2 Å². The van der Waals surface area contributed by atoms with E-state index in [-0.39, 0.29) is 11.9 Å². The molecular weight excluding hydrogens is 329 g/mol. The van der Waals surface area contributed by atoms with Gasteiger partial charge in [-0.2, -0.15) is 5.10 Å². The molecule has 140 valence electrons. The van der Waals surface area contributed by atoms with Gasteiger partial charge in [0, 0.05) is 32.1 Å². The summed E-state index contributed by atoms with van der Waals surface area (Å²) in [7, 11) is 2.15. The Balaban J connectivity index is 1.70. The maximum Gasteiger partial charge on any atom is 0.154 e. The first-order valence-electron chi connectivity index (χ1n) is 9.78. The van der Waals surface area contributed by atoms with Crippen molar-refractivity contribution in [3.63, 3.8) is 0 Å². The molecule has 0 bridgehead atoms. The first kappa shape index (κ1) is 17.6. The summed E-state index contributed by atoms with van der Waals surface area (Å²) in [4.78, 5) is 9.71. The quantitative estimate of drug-likeness (QED) is 0.841. The minimum atomic E-state index is -0.248. The molecule has 5 nitrogen and oxygen atoms in total. The predicted octanol–water partition coefficient (Wildman–Crippen LogP) is 3.37. The van der Waals surface area contributed by atoms with E-state index in [1.807, 2.05) is 6.07 Å². The SMILES string of the molecule is C[C@@H](c1nc(C2CCCC2)nn1-c1ccccc1F)N1CCN(C)CC1. The summed E-state index contributed by atoms with van der Waals surface area (Å²) in [5.74, 6) is 1.92. The number of benzene rings is 1. The summed E-state index contributed by atoms with van der Waals surface area (Å²) in [6, 6.07) is 6.99. The summed E-state index contributed by atoms with van der Waals surface area (Å²) < 4.78 is 16.2. The van der Waals surface area contributed by atoms with Crippen molar-refractivity contribution in [3.8, 4) is 5.69 Å². The highest BCUT2D eigenvalue weighted by molar-refractivity contribution is 5.34. The minimum absolute atomic E-state index is 0.117. The van der Waals surface area contributed by atoms with Crippen LogP contribution in [0.5, 0.6) is 0 Å². The smallest absolute Gasteiger partial charge is 0.154 e. The molecule has 1 aromatic carbocycles. The molecule has 1 aliphatic heterocycles. The lowest BCUT2D eigenvalue weighted by Gasteiger charge is -2.35. The Kier molecular flexibility index (Phi) is 5.05.